The fourth-order valence-corrected chi connectivity index (χ4v) is 1.39. The molecule has 1 aromatic carbocycles. The molecule has 0 unspecified atom stereocenters. The van der Waals surface area contributed by atoms with E-state index in [1.807, 2.05) is 24.3 Å². The van der Waals surface area contributed by atoms with Gasteiger partial charge >= 0.3 is 0 Å². The Morgan fingerprint density at radius 3 is 2.93 bits per heavy atom. The van der Waals surface area contributed by atoms with Gasteiger partial charge in [0.25, 0.3) is 0 Å². The van der Waals surface area contributed by atoms with Crippen LogP contribution in [0.25, 0.3) is 5.69 Å². The third-order valence-corrected chi connectivity index (χ3v) is 2.15. The molecule has 1 heterocycles. The van der Waals surface area contributed by atoms with Crippen molar-refractivity contribution in [2.75, 3.05) is 7.11 Å². The monoisotopic (exact) mass is 253 g/mol. The molecule has 0 fully saturated rings. The molecule has 0 aliphatic rings. The second-order valence-electron chi connectivity index (χ2n) is 2.69. The van der Waals surface area contributed by atoms with E-state index in [-0.39, 0.29) is 0 Å². The summed E-state index contributed by atoms with van der Waals surface area (Å²) in [6.07, 6.45) is 1.79. The van der Waals surface area contributed by atoms with E-state index in [0.717, 1.165) is 11.4 Å². The molecule has 1 aromatic heterocycles. The molecule has 0 radical (unpaired) electrons. The maximum atomic E-state index is 5.11. The molecular formula is C9H8BrN3O. The van der Waals surface area contributed by atoms with Gasteiger partial charge in [-0.25, -0.2) is 4.68 Å². The maximum absolute atomic E-state index is 5.11. The molecule has 0 aliphatic carbocycles. The first-order valence-electron chi connectivity index (χ1n) is 4.02. The Bertz CT molecular complexity index is 441. The van der Waals surface area contributed by atoms with E-state index in [4.69, 9.17) is 4.74 Å². The second kappa shape index (κ2) is 3.79. The SMILES string of the molecule is COc1cccc(-n2cc(Br)nn2)c1. The van der Waals surface area contributed by atoms with Crippen molar-refractivity contribution in [1.82, 2.24) is 15.0 Å². The van der Waals surface area contributed by atoms with Crippen LogP contribution in [0, 0.1) is 0 Å². The summed E-state index contributed by atoms with van der Waals surface area (Å²) in [5.74, 6) is 0.800. The maximum Gasteiger partial charge on any atom is 0.148 e. The molecule has 0 spiro atoms. The zero-order chi connectivity index (χ0) is 9.97. The fraction of sp³-hybridized carbons (Fsp3) is 0.111. The lowest BCUT2D eigenvalue weighted by atomic mass is 10.3. The van der Waals surface area contributed by atoms with Gasteiger partial charge in [0.05, 0.1) is 19.0 Å². The molecule has 0 saturated carbocycles. The van der Waals surface area contributed by atoms with E-state index in [1.165, 1.54) is 0 Å². The molecule has 0 aliphatic heterocycles. The van der Waals surface area contributed by atoms with Gasteiger partial charge in [-0.2, -0.15) is 0 Å². The molecule has 0 saturated heterocycles. The lowest BCUT2D eigenvalue weighted by molar-refractivity contribution is 0.414. The number of nitrogens with zero attached hydrogens (tertiary/aromatic N) is 3. The fourth-order valence-electron chi connectivity index (χ4n) is 1.12. The van der Waals surface area contributed by atoms with Crippen LogP contribution in [-0.2, 0) is 0 Å². The minimum absolute atomic E-state index is 0.709. The Kier molecular flexibility index (Phi) is 2.49. The van der Waals surface area contributed by atoms with Crippen LogP contribution < -0.4 is 4.74 Å². The van der Waals surface area contributed by atoms with Gasteiger partial charge in [-0.15, -0.1) is 5.10 Å². The molecule has 0 bridgehead atoms. The average Bonchev–Trinajstić information content (AvgIpc) is 2.65. The predicted octanol–water partition coefficient (Wildman–Crippen LogP) is 2.04. The van der Waals surface area contributed by atoms with Gasteiger partial charge in [0.1, 0.15) is 10.4 Å². The van der Waals surface area contributed by atoms with Crippen LogP contribution >= 0.6 is 15.9 Å². The van der Waals surface area contributed by atoms with Crippen molar-refractivity contribution in [2.45, 2.75) is 0 Å². The lowest BCUT2D eigenvalue weighted by Crippen LogP contribution is -1.95. The van der Waals surface area contributed by atoms with Crippen molar-refractivity contribution in [1.29, 1.82) is 0 Å². The third-order valence-electron chi connectivity index (χ3n) is 1.78. The van der Waals surface area contributed by atoms with Crippen LogP contribution in [0.5, 0.6) is 5.75 Å². The molecular weight excluding hydrogens is 246 g/mol. The first kappa shape index (κ1) is 9.21. The van der Waals surface area contributed by atoms with Crippen LogP contribution in [0.3, 0.4) is 0 Å². The van der Waals surface area contributed by atoms with Gasteiger partial charge in [-0.3, -0.25) is 0 Å². The van der Waals surface area contributed by atoms with Crippen LogP contribution in [0.4, 0.5) is 0 Å². The van der Waals surface area contributed by atoms with Crippen LogP contribution in [-0.4, -0.2) is 22.1 Å². The molecule has 4 nitrogen and oxygen atoms in total. The van der Waals surface area contributed by atoms with E-state index in [2.05, 4.69) is 26.2 Å². The minimum atomic E-state index is 0.709. The normalized spacial score (nSPS) is 10.1. The van der Waals surface area contributed by atoms with Crippen molar-refractivity contribution in [3.8, 4) is 11.4 Å². The van der Waals surface area contributed by atoms with E-state index in [1.54, 1.807) is 18.0 Å². The standard InChI is InChI=1S/C9H8BrN3O/c1-14-8-4-2-3-7(5-8)13-6-9(10)11-12-13/h2-6H,1H3. The van der Waals surface area contributed by atoms with Crippen LogP contribution in [0.2, 0.25) is 0 Å². The molecule has 72 valence electrons. The van der Waals surface area contributed by atoms with Crippen molar-refractivity contribution in [3.05, 3.63) is 35.1 Å². The second-order valence-corrected chi connectivity index (χ2v) is 3.50. The summed E-state index contributed by atoms with van der Waals surface area (Å²) in [4.78, 5) is 0. The highest BCUT2D eigenvalue weighted by Crippen LogP contribution is 2.16. The number of rotatable bonds is 2. The van der Waals surface area contributed by atoms with Gasteiger partial charge in [-0.05, 0) is 28.1 Å². The third kappa shape index (κ3) is 1.77. The Labute approximate surface area is 89.6 Å². The van der Waals surface area contributed by atoms with Crippen molar-refractivity contribution < 1.29 is 4.74 Å². The number of ether oxygens (including phenoxy) is 1. The zero-order valence-electron chi connectivity index (χ0n) is 7.51. The molecule has 2 aromatic rings. The summed E-state index contributed by atoms with van der Waals surface area (Å²) < 4.78 is 7.49. The summed E-state index contributed by atoms with van der Waals surface area (Å²) in [7, 11) is 1.64. The topological polar surface area (TPSA) is 39.9 Å². The van der Waals surface area contributed by atoms with Crippen molar-refractivity contribution in [2.24, 2.45) is 0 Å². The highest BCUT2D eigenvalue weighted by molar-refractivity contribution is 9.10. The van der Waals surface area contributed by atoms with Gasteiger partial charge in [-0.1, -0.05) is 11.3 Å². The Morgan fingerprint density at radius 2 is 2.29 bits per heavy atom. The number of hydrogen-bond donors (Lipinski definition) is 0. The molecule has 0 N–H and O–H groups in total. The summed E-state index contributed by atoms with van der Waals surface area (Å²) in [5.41, 5.74) is 0.919. The summed E-state index contributed by atoms with van der Waals surface area (Å²) in [5, 5.41) is 7.76. The van der Waals surface area contributed by atoms with Gasteiger partial charge < -0.3 is 4.74 Å². The van der Waals surface area contributed by atoms with Crippen LogP contribution in [0.15, 0.2) is 35.1 Å². The lowest BCUT2D eigenvalue weighted by Gasteiger charge is -2.02. The van der Waals surface area contributed by atoms with E-state index in [9.17, 15) is 0 Å². The molecule has 0 atom stereocenters. The minimum Gasteiger partial charge on any atom is -0.497 e. The molecule has 5 heteroatoms. The van der Waals surface area contributed by atoms with E-state index >= 15 is 0 Å². The number of methoxy groups -OCH3 is 1. The Morgan fingerprint density at radius 1 is 1.43 bits per heavy atom. The molecule has 14 heavy (non-hydrogen) atoms. The van der Waals surface area contributed by atoms with Gasteiger partial charge in [0.2, 0.25) is 0 Å². The first-order chi connectivity index (χ1) is 6.79. The largest absolute Gasteiger partial charge is 0.497 e. The highest BCUT2D eigenvalue weighted by Gasteiger charge is 2.00. The quantitative estimate of drug-likeness (QED) is 0.823. The molecule has 0 amide bonds. The van der Waals surface area contributed by atoms with Crippen molar-refractivity contribution >= 4 is 15.9 Å². The number of benzene rings is 1. The predicted molar refractivity (Wildman–Crippen MR) is 55.6 cm³/mol. The summed E-state index contributed by atoms with van der Waals surface area (Å²) in [6, 6.07) is 7.62. The van der Waals surface area contributed by atoms with Gasteiger partial charge in [0.15, 0.2) is 0 Å². The van der Waals surface area contributed by atoms with E-state index in [0.29, 0.717) is 4.60 Å². The van der Waals surface area contributed by atoms with E-state index < -0.39 is 0 Å². The number of hydrogen-bond acceptors (Lipinski definition) is 3. The number of halogens is 1. The first-order valence-corrected chi connectivity index (χ1v) is 4.81. The Balaban J connectivity index is 2.41. The molecule has 2 rings (SSSR count). The smallest absolute Gasteiger partial charge is 0.148 e. The Hall–Kier alpha value is -1.36. The average molecular weight is 254 g/mol. The van der Waals surface area contributed by atoms with Crippen molar-refractivity contribution in [3.63, 3.8) is 0 Å². The number of aromatic nitrogens is 3. The summed E-state index contributed by atoms with van der Waals surface area (Å²) in [6.45, 7) is 0. The highest BCUT2D eigenvalue weighted by atomic mass is 79.9. The zero-order valence-corrected chi connectivity index (χ0v) is 9.10. The summed E-state index contributed by atoms with van der Waals surface area (Å²) >= 11 is 3.24. The van der Waals surface area contributed by atoms with Crippen LogP contribution in [0.1, 0.15) is 0 Å². The van der Waals surface area contributed by atoms with Gasteiger partial charge in [0, 0.05) is 6.07 Å².